The second kappa shape index (κ2) is 5.68. The van der Waals surface area contributed by atoms with Crippen LogP contribution in [0.2, 0.25) is 0 Å². The van der Waals surface area contributed by atoms with E-state index >= 15 is 0 Å². The van der Waals surface area contributed by atoms with Crippen molar-refractivity contribution in [3.8, 4) is 0 Å². The molecule has 0 N–H and O–H groups in total. The van der Waals surface area contributed by atoms with Crippen LogP contribution in [0.15, 0.2) is 12.7 Å². The molecule has 1 saturated carbocycles. The van der Waals surface area contributed by atoms with Crippen molar-refractivity contribution in [1.29, 1.82) is 0 Å². The van der Waals surface area contributed by atoms with Crippen LogP contribution in [-0.4, -0.2) is 56.5 Å². The van der Waals surface area contributed by atoms with Gasteiger partial charge < -0.3 is 14.4 Å². The Bertz CT molecular complexity index is 799. The Hall–Kier alpha value is -2.18. The van der Waals surface area contributed by atoms with E-state index in [4.69, 9.17) is 0 Å². The van der Waals surface area contributed by atoms with Gasteiger partial charge in [-0.05, 0) is 19.8 Å². The van der Waals surface area contributed by atoms with Crippen molar-refractivity contribution in [2.75, 3.05) is 31.1 Å². The lowest BCUT2D eigenvalue weighted by molar-refractivity contribution is -0.137. The van der Waals surface area contributed by atoms with Gasteiger partial charge in [-0.1, -0.05) is 6.42 Å². The minimum Gasteiger partial charge on any atom is -0.354 e. The molecule has 3 fully saturated rings. The fraction of sp³-hybridized carbons (Fsp3) is 0.667. The molecule has 0 bridgehead atoms. The zero-order valence-corrected chi connectivity index (χ0v) is 14.6. The minimum atomic E-state index is 0.314. The molecule has 0 aromatic carbocycles. The smallest absolute Gasteiger partial charge is 0.225 e. The topological polar surface area (TPSA) is 67.2 Å². The zero-order chi connectivity index (χ0) is 17.0. The molecule has 25 heavy (non-hydrogen) atoms. The molecule has 4 heterocycles. The summed E-state index contributed by atoms with van der Waals surface area (Å²) in [4.78, 5) is 30.4. The summed E-state index contributed by atoms with van der Waals surface area (Å²) in [5, 5.41) is 0. The van der Waals surface area contributed by atoms with Crippen LogP contribution in [0, 0.1) is 17.8 Å². The van der Waals surface area contributed by atoms with E-state index in [2.05, 4.69) is 36.2 Å². The largest absolute Gasteiger partial charge is 0.354 e. The van der Waals surface area contributed by atoms with Crippen LogP contribution in [0.4, 0.5) is 5.82 Å². The number of likely N-dealkylation sites (tertiary alicyclic amines) is 1. The summed E-state index contributed by atoms with van der Waals surface area (Å²) in [6.07, 6.45) is 6.90. The molecule has 2 aliphatic heterocycles. The number of imidazole rings is 1. The van der Waals surface area contributed by atoms with Gasteiger partial charge in [0.15, 0.2) is 17.0 Å². The first-order chi connectivity index (χ1) is 12.2. The fourth-order valence-electron chi connectivity index (χ4n) is 4.59. The Balaban J connectivity index is 1.33. The van der Waals surface area contributed by atoms with Crippen LogP contribution >= 0.6 is 0 Å². The van der Waals surface area contributed by atoms with E-state index in [0.29, 0.717) is 23.7 Å². The molecule has 3 aliphatic rings. The third-order valence-corrected chi connectivity index (χ3v) is 6.27. The van der Waals surface area contributed by atoms with Crippen molar-refractivity contribution in [2.24, 2.45) is 17.8 Å². The number of carbonyl (C=O) groups is 1. The van der Waals surface area contributed by atoms with Gasteiger partial charge in [-0.3, -0.25) is 4.79 Å². The molecule has 0 radical (unpaired) electrons. The predicted octanol–water partition coefficient (Wildman–Crippen LogP) is 1.54. The molecule has 2 aromatic rings. The highest BCUT2D eigenvalue weighted by molar-refractivity contribution is 5.83. The van der Waals surface area contributed by atoms with Crippen molar-refractivity contribution in [1.82, 2.24) is 24.4 Å². The first kappa shape index (κ1) is 15.1. The Morgan fingerprint density at radius 3 is 2.52 bits per heavy atom. The Morgan fingerprint density at radius 2 is 1.88 bits per heavy atom. The van der Waals surface area contributed by atoms with Gasteiger partial charge in [-0.15, -0.1) is 0 Å². The maximum atomic E-state index is 12.5. The van der Waals surface area contributed by atoms with E-state index in [1.807, 2.05) is 6.33 Å². The van der Waals surface area contributed by atoms with Gasteiger partial charge >= 0.3 is 0 Å². The fourth-order valence-corrected chi connectivity index (χ4v) is 4.59. The lowest BCUT2D eigenvalue weighted by atomic mass is 9.84. The van der Waals surface area contributed by atoms with Gasteiger partial charge in [0.05, 0.1) is 6.33 Å². The van der Waals surface area contributed by atoms with Gasteiger partial charge in [0.1, 0.15) is 6.33 Å². The molecular weight excluding hydrogens is 316 g/mol. The molecule has 2 aromatic heterocycles. The van der Waals surface area contributed by atoms with Crippen molar-refractivity contribution >= 4 is 22.9 Å². The van der Waals surface area contributed by atoms with E-state index in [1.165, 1.54) is 6.42 Å². The molecule has 2 atom stereocenters. The SMILES string of the molecule is CCn1cnc2c(N3CC4CN(C(=O)C5CCC5)CC4C3)ncnc21. The number of nitrogens with zero attached hydrogens (tertiary/aromatic N) is 6. The van der Waals surface area contributed by atoms with Gasteiger partial charge in [0.2, 0.25) is 5.91 Å². The summed E-state index contributed by atoms with van der Waals surface area (Å²) in [7, 11) is 0. The third-order valence-electron chi connectivity index (χ3n) is 6.27. The Labute approximate surface area is 147 Å². The van der Waals surface area contributed by atoms with Crippen LogP contribution in [0.1, 0.15) is 26.2 Å². The van der Waals surface area contributed by atoms with Crippen LogP contribution < -0.4 is 4.90 Å². The van der Waals surface area contributed by atoms with E-state index in [9.17, 15) is 4.79 Å². The monoisotopic (exact) mass is 340 g/mol. The summed E-state index contributed by atoms with van der Waals surface area (Å²) in [5.41, 5.74) is 1.80. The Morgan fingerprint density at radius 1 is 1.12 bits per heavy atom. The number of hydrogen-bond acceptors (Lipinski definition) is 5. The van der Waals surface area contributed by atoms with Crippen molar-refractivity contribution in [3.63, 3.8) is 0 Å². The predicted molar refractivity (Wildman–Crippen MR) is 94.1 cm³/mol. The number of rotatable bonds is 3. The average Bonchev–Trinajstić information content (AvgIpc) is 3.24. The van der Waals surface area contributed by atoms with Gasteiger partial charge in [0, 0.05) is 50.5 Å². The number of hydrogen-bond donors (Lipinski definition) is 0. The molecule has 1 aliphatic carbocycles. The van der Waals surface area contributed by atoms with Gasteiger partial charge in [-0.2, -0.15) is 0 Å². The normalized spacial score (nSPS) is 26.3. The standard InChI is InChI=1S/C18H24N6O/c1-2-22-11-21-15-16(22)19-10-20-17(15)23-6-13-8-24(9-14(13)7-23)18(25)12-4-3-5-12/h10-14H,2-9H2,1H3. The number of carbonyl (C=O) groups excluding carboxylic acids is 1. The lowest BCUT2D eigenvalue weighted by Crippen LogP contribution is -2.39. The second-order valence-corrected chi connectivity index (χ2v) is 7.70. The molecule has 2 unspecified atom stereocenters. The van der Waals surface area contributed by atoms with Crippen molar-refractivity contribution < 1.29 is 4.79 Å². The number of fused-ring (bicyclic) bond motifs is 2. The number of amides is 1. The summed E-state index contributed by atoms with van der Waals surface area (Å²) in [5.74, 6) is 2.78. The maximum absolute atomic E-state index is 12.5. The molecule has 1 amide bonds. The van der Waals surface area contributed by atoms with E-state index in [1.54, 1.807) is 6.33 Å². The van der Waals surface area contributed by atoms with E-state index < -0.39 is 0 Å². The first-order valence-corrected chi connectivity index (χ1v) is 9.44. The summed E-state index contributed by atoms with van der Waals surface area (Å²) in [6.45, 7) is 6.70. The maximum Gasteiger partial charge on any atom is 0.225 e. The highest BCUT2D eigenvalue weighted by Gasteiger charge is 2.44. The Kier molecular flexibility index (Phi) is 3.43. The van der Waals surface area contributed by atoms with Crippen LogP contribution in [0.5, 0.6) is 0 Å². The lowest BCUT2D eigenvalue weighted by Gasteiger charge is -2.30. The number of aryl methyl sites for hydroxylation is 1. The van der Waals surface area contributed by atoms with E-state index in [0.717, 1.165) is 62.5 Å². The molecule has 132 valence electrons. The van der Waals surface area contributed by atoms with Gasteiger partial charge in [-0.25, -0.2) is 15.0 Å². The molecule has 5 rings (SSSR count). The molecule has 2 saturated heterocycles. The number of aromatic nitrogens is 4. The van der Waals surface area contributed by atoms with Crippen LogP contribution in [0.3, 0.4) is 0 Å². The quantitative estimate of drug-likeness (QED) is 0.848. The second-order valence-electron chi connectivity index (χ2n) is 7.70. The first-order valence-electron chi connectivity index (χ1n) is 9.44. The van der Waals surface area contributed by atoms with Crippen LogP contribution in [0.25, 0.3) is 11.2 Å². The van der Waals surface area contributed by atoms with Crippen LogP contribution in [-0.2, 0) is 11.3 Å². The molecule has 7 heteroatoms. The zero-order valence-electron chi connectivity index (χ0n) is 14.6. The summed E-state index contributed by atoms with van der Waals surface area (Å²) in [6, 6.07) is 0. The molecule has 0 spiro atoms. The van der Waals surface area contributed by atoms with Crippen molar-refractivity contribution in [2.45, 2.75) is 32.7 Å². The summed E-state index contributed by atoms with van der Waals surface area (Å²) < 4.78 is 2.05. The van der Waals surface area contributed by atoms with E-state index in [-0.39, 0.29) is 0 Å². The van der Waals surface area contributed by atoms with Gasteiger partial charge in [0.25, 0.3) is 0 Å². The number of anilines is 1. The third kappa shape index (κ3) is 2.32. The average molecular weight is 340 g/mol. The highest BCUT2D eigenvalue weighted by Crippen LogP contribution is 2.37. The molecule has 7 nitrogen and oxygen atoms in total. The highest BCUT2D eigenvalue weighted by atomic mass is 16.2. The van der Waals surface area contributed by atoms with Crippen molar-refractivity contribution in [3.05, 3.63) is 12.7 Å². The summed E-state index contributed by atoms with van der Waals surface area (Å²) >= 11 is 0. The minimum absolute atomic E-state index is 0.314. The molecular formula is C18H24N6O.